The van der Waals surface area contributed by atoms with Crippen LogP contribution in [-0.4, -0.2) is 21.4 Å². The normalized spacial score (nSPS) is 15.7. The Kier molecular flexibility index (Phi) is 4.23. The molecule has 0 saturated heterocycles. The fraction of sp³-hybridized carbons (Fsp3) is 0.133. The Bertz CT molecular complexity index is 918. The summed E-state index contributed by atoms with van der Waals surface area (Å²) in [4.78, 5) is 4.46. The quantitative estimate of drug-likeness (QED) is 0.536. The van der Waals surface area contributed by atoms with Crippen LogP contribution >= 0.6 is 43.6 Å². The van der Waals surface area contributed by atoms with Gasteiger partial charge in [0, 0.05) is 15.7 Å². The summed E-state index contributed by atoms with van der Waals surface area (Å²) in [5, 5.41) is 12.3. The maximum Gasteiger partial charge on any atom is 0.247 e. The summed E-state index contributed by atoms with van der Waals surface area (Å²) in [6, 6.07) is 9.52. The molecule has 122 valence electrons. The fourth-order valence-electron chi connectivity index (χ4n) is 2.35. The number of benzene rings is 1. The summed E-state index contributed by atoms with van der Waals surface area (Å²) in [7, 11) is 0. The predicted molar refractivity (Wildman–Crippen MR) is 98.1 cm³/mol. The molecule has 3 aromatic rings. The number of nitrogens with zero attached hydrogens (tertiary/aromatic N) is 3. The van der Waals surface area contributed by atoms with Crippen molar-refractivity contribution in [1.29, 1.82) is 0 Å². The molecule has 1 N–H and O–H groups in total. The number of hydrogen-bond acceptors (Lipinski definition) is 7. The molecule has 0 unspecified atom stereocenters. The lowest BCUT2D eigenvalue weighted by Crippen LogP contribution is -2.16. The Labute approximate surface area is 158 Å². The van der Waals surface area contributed by atoms with Crippen molar-refractivity contribution in [3.05, 3.63) is 45.2 Å². The smallest absolute Gasteiger partial charge is 0.247 e. The third kappa shape index (κ3) is 2.91. The summed E-state index contributed by atoms with van der Waals surface area (Å²) in [6.45, 7) is 0. The second kappa shape index (κ2) is 6.38. The Morgan fingerprint density at radius 1 is 1.17 bits per heavy atom. The van der Waals surface area contributed by atoms with Crippen molar-refractivity contribution >= 4 is 49.3 Å². The zero-order valence-corrected chi connectivity index (χ0v) is 16.3. The van der Waals surface area contributed by atoms with Crippen LogP contribution in [0.4, 0.5) is 5.69 Å². The van der Waals surface area contributed by atoms with Gasteiger partial charge in [-0.25, -0.2) is 0 Å². The molecule has 0 amide bonds. The summed E-state index contributed by atoms with van der Waals surface area (Å²) < 4.78 is 13.3. The van der Waals surface area contributed by atoms with Gasteiger partial charge in [0.05, 0.1) is 0 Å². The van der Waals surface area contributed by atoms with E-state index in [0.717, 1.165) is 15.7 Å². The van der Waals surface area contributed by atoms with Crippen LogP contribution in [0.2, 0.25) is 0 Å². The molecule has 1 aliphatic rings. The average molecular weight is 470 g/mol. The first-order valence-electron chi connectivity index (χ1n) is 6.91. The number of anilines is 1. The standard InChI is InChI=1S/C15H10Br2N4O2S/c1-24-15-19-14-12(20-21-15)8-6-7(16)2-3-9(8)18-13(23-14)10-4-5-11(17)22-10/h2-6,13,18H,1H3/t13-/m0/s1. The topological polar surface area (TPSA) is 73.1 Å². The largest absolute Gasteiger partial charge is 0.448 e. The minimum Gasteiger partial charge on any atom is -0.448 e. The first-order valence-corrected chi connectivity index (χ1v) is 9.72. The SMILES string of the molecule is CSc1nnc2c(n1)O[C@@H](c1ccc(Br)o1)Nc1ccc(Br)cc1-2. The molecule has 0 aliphatic carbocycles. The molecule has 4 rings (SSSR count). The number of nitrogens with one attached hydrogen (secondary N) is 1. The third-order valence-corrected chi connectivity index (χ3v) is 4.88. The summed E-state index contributed by atoms with van der Waals surface area (Å²) in [5.74, 6) is 1.05. The number of aromatic nitrogens is 3. The summed E-state index contributed by atoms with van der Waals surface area (Å²) >= 11 is 8.22. The monoisotopic (exact) mass is 468 g/mol. The van der Waals surface area contributed by atoms with Crippen LogP contribution < -0.4 is 10.1 Å². The van der Waals surface area contributed by atoms with Crippen molar-refractivity contribution in [2.75, 3.05) is 11.6 Å². The van der Waals surface area contributed by atoms with Crippen molar-refractivity contribution in [1.82, 2.24) is 15.2 Å². The maximum absolute atomic E-state index is 6.05. The van der Waals surface area contributed by atoms with Crippen molar-refractivity contribution < 1.29 is 9.15 Å². The van der Waals surface area contributed by atoms with Gasteiger partial charge in [0.25, 0.3) is 0 Å². The van der Waals surface area contributed by atoms with E-state index in [-0.39, 0.29) is 0 Å². The molecule has 24 heavy (non-hydrogen) atoms. The van der Waals surface area contributed by atoms with Crippen LogP contribution in [0.5, 0.6) is 5.88 Å². The van der Waals surface area contributed by atoms with Crippen LogP contribution in [0.15, 0.2) is 49.0 Å². The molecule has 0 saturated carbocycles. The lowest BCUT2D eigenvalue weighted by atomic mass is 10.1. The molecule has 0 fully saturated rings. The van der Waals surface area contributed by atoms with Crippen molar-refractivity contribution in [2.24, 2.45) is 0 Å². The zero-order chi connectivity index (χ0) is 16.7. The molecule has 9 heteroatoms. The van der Waals surface area contributed by atoms with Gasteiger partial charge in [-0.15, -0.1) is 10.2 Å². The number of thioether (sulfide) groups is 1. The summed E-state index contributed by atoms with van der Waals surface area (Å²) in [5.41, 5.74) is 2.31. The Morgan fingerprint density at radius 2 is 2.04 bits per heavy atom. The highest BCUT2D eigenvalue weighted by molar-refractivity contribution is 9.10. The molecule has 0 spiro atoms. The van der Waals surface area contributed by atoms with E-state index in [1.165, 1.54) is 11.8 Å². The minimum absolute atomic E-state index is 0.413. The van der Waals surface area contributed by atoms with Gasteiger partial charge < -0.3 is 14.5 Å². The van der Waals surface area contributed by atoms with Gasteiger partial charge in [0.15, 0.2) is 16.1 Å². The van der Waals surface area contributed by atoms with Gasteiger partial charge in [-0.1, -0.05) is 27.7 Å². The summed E-state index contributed by atoms with van der Waals surface area (Å²) in [6.07, 6.45) is 1.37. The van der Waals surface area contributed by atoms with Crippen molar-refractivity contribution in [3.63, 3.8) is 0 Å². The molecule has 0 bridgehead atoms. The van der Waals surface area contributed by atoms with Crippen LogP contribution in [0.1, 0.15) is 12.0 Å². The first-order chi connectivity index (χ1) is 11.6. The number of furan rings is 1. The second-order valence-corrected chi connectivity index (χ2v) is 7.40. The van der Waals surface area contributed by atoms with Crippen LogP contribution in [-0.2, 0) is 0 Å². The first kappa shape index (κ1) is 15.9. The van der Waals surface area contributed by atoms with Gasteiger partial charge in [-0.2, -0.15) is 4.98 Å². The van der Waals surface area contributed by atoms with Gasteiger partial charge >= 0.3 is 0 Å². The van der Waals surface area contributed by atoms with Crippen molar-refractivity contribution in [3.8, 4) is 17.1 Å². The van der Waals surface area contributed by atoms with E-state index >= 15 is 0 Å². The highest BCUT2D eigenvalue weighted by Gasteiger charge is 2.28. The zero-order valence-electron chi connectivity index (χ0n) is 12.3. The van der Waals surface area contributed by atoms with E-state index in [1.807, 2.05) is 36.6 Å². The Hall–Kier alpha value is -1.58. The molecule has 1 aromatic carbocycles. The van der Waals surface area contributed by atoms with Crippen LogP contribution in [0.25, 0.3) is 11.3 Å². The third-order valence-electron chi connectivity index (χ3n) is 3.42. The number of ether oxygens (including phenoxy) is 1. The van der Waals surface area contributed by atoms with Gasteiger partial charge in [0.2, 0.25) is 17.3 Å². The lowest BCUT2D eigenvalue weighted by molar-refractivity contribution is 0.194. The molecule has 0 radical (unpaired) electrons. The van der Waals surface area contributed by atoms with E-state index in [9.17, 15) is 0 Å². The van der Waals surface area contributed by atoms with Crippen LogP contribution in [0.3, 0.4) is 0 Å². The highest BCUT2D eigenvalue weighted by Crippen LogP contribution is 2.41. The molecule has 2 aromatic heterocycles. The molecular weight excluding hydrogens is 460 g/mol. The lowest BCUT2D eigenvalue weighted by Gasteiger charge is -2.16. The van der Waals surface area contributed by atoms with E-state index in [4.69, 9.17) is 9.15 Å². The molecule has 6 nitrogen and oxygen atoms in total. The Morgan fingerprint density at radius 3 is 2.79 bits per heavy atom. The van der Waals surface area contributed by atoms with E-state index in [0.29, 0.717) is 27.2 Å². The van der Waals surface area contributed by atoms with Gasteiger partial charge in [0.1, 0.15) is 0 Å². The van der Waals surface area contributed by atoms with Gasteiger partial charge in [-0.3, -0.25) is 0 Å². The Balaban J connectivity index is 1.88. The average Bonchev–Trinajstić information content (AvgIpc) is 2.95. The fourth-order valence-corrected chi connectivity index (χ4v) is 3.33. The highest BCUT2D eigenvalue weighted by atomic mass is 79.9. The predicted octanol–water partition coefficient (Wildman–Crippen LogP) is 4.88. The van der Waals surface area contributed by atoms with E-state index < -0.39 is 6.23 Å². The van der Waals surface area contributed by atoms with Crippen molar-refractivity contribution in [2.45, 2.75) is 11.4 Å². The molecule has 1 aliphatic heterocycles. The minimum atomic E-state index is -0.524. The van der Waals surface area contributed by atoms with E-state index in [2.05, 4.69) is 52.4 Å². The molecule has 3 heterocycles. The number of halogens is 2. The number of hydrogen-bond donors (Lipinski definition) is 1. The van der Waals surface area contributed by atoms with Gasteiger partial charge in [-0.05, 0) is 52.5 Å². The number of rotatable bonds is 2. The van der Waals surface area contributed by atoms with Crippen LogP contribution in [0, 0.1) is 0 Å². The molecule has 1 atom stereocenters. The number of fused-ring (bicyclic) bond motifs is 3. The van der Waals surface area contributed by atoms with E-state index in [1.54, 1.807) is 0 Å². The molecular formula is C15H10Br2N4O2S. The maximum atomic E-state index is 6.05. The second-order valence-electron chi connectivity index (χ2n) is 4.93.